The summed E-state index contributed by atoms with van der Waals surface area (Å²) in [6.07, 6.45) is 1.62. The second-order valence-corrected chi connectivity index (χ2v) is 5.59. The molecule has 5 nitrogen and oxygen atoms in total. The van der Waals surface area contributed by atoms with Gasteiger partial charge in [0.15, 0.2) is 0 Å². The first-order valence-corrected chi connectivity index (χ1v) is 7.01. The van der Waals surface area contributed by atoms with Crippen molar-refractivity contribution in [1.29, 1.82) is 0 Å². The number of rotatable bonds is 5. The molecule has 1 N–H and O–H groups in total. The van der Waals surface area contributed by atoms with E-state index < -0.39 is 15.7 Å². The standard InChI is InChI=1S/C10H13ClN2O3S/c1-7(6-17(2)16)12-10-4-3-8(13(14)15)5-9(10)11/h3-5,7,12H,6H2,1-2H3. The van der Waals surface area contributed by atoms with Crippen LogP contribution in [0.3, 0.4) is 0 Å². The third-order valence-corrected chi connectivity index (χ3v) is 3.33. The van der Waals surface area contributed by atoms with Crippen LogP contribution in [0.4, 0.5) is 11.4 Å². The molecule has 7 heteroatoms. The van der Waals surface area contributed by atoms with Gasteiger partial charge < -0.3 is 5.32 Å². The predicted molar refractivity (Wildman–Crippen MR) is 70.1 cm³/mol. The van der Waals surface area contributed by atoms with Gasteiger partial charge in [-0.25, -0.2) is 0 Å². The van der Waals surface area contributed by atoms with Gasteiger partial charge in [0.1, 0.15) is 0 Å². The van der Waals surface area contributed by atoms with Crippen molar-refractivity contribution in [2.45, 2.75) is 13.0 Å². The normalized spacial score (nSPS) is 14.1. The van der Waals surface area contributed by atoms with Gasteiger partial charge in [-0.1, -0.05) is 11.6 Å². The highest BCUT2D eigenvalue weighted by Crippen LogP contribution is 2.27. The molecule has 0 aliphatic heterocycles. The molecule has 0 saturated carbocycles. The number of nitro groups is 1. The maximum atomic E-state index is 11.0. The Morgan fingerprint density at radius 3 is 2.71 bits per heavy atom. The molecule has 0 bridgehead atoms. The average Bonchev–Trinajstić information content (AvgIpc) is 2.19. The maximum absolute atomic E-state index is 11.0. The van der Waals surface area contributed by atoms with Crippen LogP contribution in [0.5, 0.6) is 0 Å². The van der Waals surface area contributed by atoms with Crippen molar-refractivity contribution in [2.24, 2.45) is 0 Å². The average molecular weight is 277 g/mol. The molecule has 0 radical (unpaired) electrons. The molecule has 0 aliphatic rings. The molecule has 0 fully saturated rings. The Morgan fingerprint density at radius 2 is 2.24 bits per heavy atom. The lowest BCUT2D eigenvalue weighted by Crippen LogP contribution is -2.22. The van der Waals surface area contributed by atoms with Crippen molar-refractivity contribution in [3.05, 3.63) is 33.3 Å². The van der Waals surface area contributed by atoms with Crippen LogP contribution in [0.25, 0.3) is 0 Å². The molecule has 0 aliphatic carbocycles. The summed E-state index contributed by atoms with van der Waals surface area (Å²) < 4.78 is 11.0. The number of nitrogens with one attached hydrogen (secondary N) is 1. The van der Waals surface area contributed by atoms with Crippen molar-refractivity contribution < 1.29 is 9.13 Å². The van der Waals surface area contributed by atoms with Crippen molar-refractivity contribution in [1.82, 2.24) is 0 Å². The number of non-ortho nitro benzene ring substituents is 1. The van der Waals surface area contributed by atoms with Crippen LogP contribution in [-0.4, -0.2) is 27.2 Å². The molecule has 0 heterocycles. The lowest BCUT2D eigenvalue weighted by Gasteiger charge is -2.14. The molecule has 2 atom stereocenters. The number of halogens is 1. The van der Waals surface area contributed by atoms with E-state index in [0.29, 0.717) is 11.4 Å². The van der Waals surface area contributed by atoms with Crippen LogP contribution in [0.15, 0.2) is 18.2 Å². The van der Waals surface area contributed by atoms with E-state index in [1.807, 2.05) is 6.92 Å². The lowest BCUT2D eigenvalue weighted by atomic mass is 10.2. The second-order valence-electron chi connectivity index (χ2n) is 3.71. The third kappa shape index (κ3) is 4.32. The minimum Gasteiger partial charge on any atom is -0.380 e. The molecule has 0 aromatic heterocycles. The minimum atomic E-state index is -0.901. The van der Waals surface area contributed by atoms with Crippen LogP contribution < -0.4 is 5.32 Å². The van der Waals surface area contributed by atoms with E-state index in [1.54, 1.807) is 12.3 Å². The molecule has 2 unspecified atom stereocenters. The van der Waals surface area contributed by atoms with Gasteiger partial charge in [-0.05, 0) is 13.0 Å². The molecule has 94 valence electrons. The summed E-state index contributed by atoms with van der Waals surface area (Å²) >= 11 is 5.91. The van der Waals surface area contributed by atoms with Crippen LogP contribution in [0, 0.1) is 10.1 Å². The summed E-state index contributed by atoms with van der Waals surface area (Å²) in [5, 5.41) is 13.9. The van der Waals surface area contributed by atoms with E-state index in [2.05, 4.69) is 5.32 Å². The van der Waals surface area contributed by atoms with E-state index in [1.165, 1.54) is 12.1 Å². The van der Waals surface area contributed by atoms with Gasteiger partial charge in [-0.15, -0.1) is 0 Å². The number of nitrogens with zero attached hydrogens (tertiary/aromatic N) is 1. The van der Waals surface area contributed by atoms with Gasteiger partial charge in [0.05, 0.1) is 15.6 Å². The number of hydrogen-bond donors (Lipinski definition) is 1. The molecular formula is C10H13ClN2O3S. The summed E-state index contributed by atoms with van der Waals surface area (Å²) in [4.78, 5) is 10.0. The van der Waals surface area contributed by atoms with Crippen molar-refractivity contribution in [3.63, 3.8) is 0 Å². The zero-order valence-electron chi connectivity index (χ0n) is 9.47. The van der Waals surface area contributed by atoms with Gasteiger partial charge >= 0.3 is 0 Å². The molecule has 0 saturated heterocycles. The second kappa shape index (κ2) is 5.97. The van der Waals surface area contributed by atoms with Gasteiger partial charge in [0, 0.05) is 41.0 Å². The minimum absolute atomic E-state index is 0.0141. The van der Waals surface area contributed by atoms with Crippen molar-refractivity contribution >= 4 is 33.8 Å². The van der Waals surface area contributed by atoms with Gasteiger partial charge in [0.2, 0.25) is 0 Å². The van der Waals surface area contributed by atoms with Gasteiger partial charge in [-0.2, -0.15) is 0 Å². The fourth-order valence-electron chi connectivity index (χ4n) is 1.39. The first kappa shape index (κ1) is 13.9. The van der Waals surface area contributed by atoms with E-state index in [-0.39, 0.29) is 16.8 Å². The van der Waals surface area contributed by atoms with Crippen molar-refractivity contribution in [3.8, 4) is 0 Å². The highest BCUT2D eigenvalue weighted by Gasteiger charge is 2.11. The Labute approximate surface area is 107 Å². The smallest absolute Gasteiger partial charge is 0.271 e. The van der Waals surface area contributed by atoms with Crippen LogP contribution in [0.2, 0.25) is 5.02 Å². The third-order valence-electron chi connectivity index (χ3n) is 2.05. The largest absolute Gasteiger partial charge is 0.380 e. The highest BCUT2D eigenvalue weighted by atomic mass is 35.5. The molecule has 17 heavy (non-hydrogen) atoms. The van der Waals surface area contributed by atoms with Gasteiger partial charge in [0.25, 0.3) is 5.69 Å². The highest BCUT2D eigenvalue weighted by molar-refractivity contribution is 7.84. The first-order valence-electron chi connectivity index (χ1n) is 4.90. The fourth-order valence-corrected chi connectivity index (χ4v) is 2.41. The topological polar surface area (TPSA) is 72.2 Å². The van der Waals surface area contributed by atoms with E-state index in [0.717, 1.165) is 0 Å². The SMILES string of the molecule is CC(CS(C)=O)Nc1ccc([N+](=O)[O-])cc1Cl. The number of anilines is 1. The molecule has 1 aromatic carbocycles. The Bertz CT molecular complexity index is 453. The summed E-state index contributed by atoms with van der Waals surface area (Å²) in [6.45, 7) is 1.87. The fraction of sp³-hybridized carbons (Fsp3) is 0.400. The molecular weight excluding hydrogens is 264 g/mol. The lowest BCUT2D eigenvalue weighted by molar-refractivity contribution is -0.384. The summed E-state index contributed by atoms with van der Waals surface area (Å²) in [5.74, 6) is 0.493. The first-order chi connectivity index (χ1) is 7.90. The Balaban J connectivity index is 2.79. The molecule has 0 amide bonds. The van der Waals surface area contributed by atoms with Crippen LogP contribution in [0.1, 0.15) is 6.92 Å². The van der Waals surface area contributed by atoms with Crippen LogP contribution in [-0.2, 0) is 10.8 Å². The van der Waals surface area contributed by atoms with E-state index in [9.17, 15) is 14.3 Å². The summed E-state index contributed by atoms with van der Waals surface area (Å²) in [5.41, 5.74) is 0.558. The number of hydrogen-bond acceptors (Lipinski definition) is 4. The molecule has 1 aromatic rings. The zero-order valence-corrected chi connectivity index (χ0v) is 11.0. The Kier molecular flexibility index (Phi) is 4.89. The quantitative estimate of drug-likeness (QED) is 0.662. The van der Waals surface area contributed by atoms with E-state index in [4.69, 9.17) is 11.6 Å². The Morgan fingerprint density at radius 1 is 1.59 bits per heavy atom. The summed E-state index contributed by atoms with van der Waals surface area (Å²) in [7, 11) is -0.901. The Hall–Kier alpha value is -1.14. The van der Waals surface area contributed by atoms with Crippen molar-refractivity contribution in [2.75, 3.05) is 17.3 Å². The van der Waals surface area contributed by atoms with Crippen LogP contribution >= 0.6 is 11.6 Å². The molecule has 0 spiro atoms. The summed E-state index contributed by atoms with van der Waals surface area (Å²) in [6, 6.07) is 4.21. The monoisotopic (exact) mass is 276 g/mol. The number of nitro benzene ring substituents is 1. The maximum Gasteiger partial charge on any atom is 0.271 e. The number of benzene rings is 1. The van der Waals surface area contributed by atoms with Gasteiger partial charge in [-0.3, -0.25) is 14.3 Å². The molecule has 1 rings (SSSR count). The predicted octanol–water partition coefficient (Wildman–Crippen LogP) is 2.43. The van der Waals surface area contributed by atoms with E-state index >= 15 is 0 Å². The zero-order chi connectivity index (χ0) is 13.0.